The summed E-state index contributed by atoms with van der Waals surface area (Å²) in [4.78, 5) is 40.0. The standard InChI is InChI=1S/C21H16FN3O3/c1-11(26)18-16-17(19-15-8-3-2-5-12(15)10-23-25(18)19)21(28)24(20(16)27)14-7-4-6-13(22)9-14/h2-10,16-19H,1H3/t16-,17+,18-,19+/m1/s1. The van der Waals surface area contributed by atoms with Crippen molar-refractivity contribution < 1.29 is 18.8 Å². The van der Waals surface area contributed by atoms with Gasteiger partial charge in [-0.15, -0.1) is 0 Å². The minimum absolute atomic E-state index is 0.186. The summed E-state index contributed by atoms with van der Waals surface area (Å²) in [6.07, 6.45) is 1.65. The summed E-state index contributed by atoms with van der Waals surface area (Å²) in [7, 11) is 0. The van der Waals surface area contributed by atoms with E-state index >= 15 is 0 Å². The molecule has 0 spiro atoms. The number of imide groups is 1. The molecule has 3 heterocycles. The monoisotopic (exact) mass is 377 g/mol. The van der Waals surface area contributed by atoms with Gasteiger partial charge in [0.2, 0.25) is 11.8 Å². The number of carbonyl (C=O) groups excluding carboxylic acids is 3. The van der Waals surface area contributed by atoms with E-state index in [1.807, 2.05) is 24.3 Å². The lowest BCUT2D eigenvalue weighted by Gasteiger charge is -2.33. The molecule has 0 aliphatic carbocycles. The molecule has 0 N–H and O–H groups in total. The van der Waals surface area contributed by atoms with Gasteiger partial charge in [0.05, 0.1) is 29.8 Å². The molecule has 28 heavy (non-hydrogen) atoms. The molecule has 4 atom stereocenters. The Morgan fingerprint density at radius 2 is 1.79 bits per heavy atom. The molecule has 0 radical (unpaired) electrons. The summed E-state index contributed by atoms with van der Waals surface area (Å²) < 4.78 is 13.7. The Labute approximate surface area is 160 Å². The molecular formula is C21H16FN3O3. The van der Waals surface area contributed by atoms with Gasteiger partial charge in [0.25, 0.3) is 0 Å². The molecule has 3 aliphatic heterocycles. The number of carbonyl (C=O) groups is 3. The van der Waals surface area contributed by atoms with Gasteiger partial charge in [-0.25, -0.2) is 9.29 Å². The SMILES string of the molecule is CC(=O)[C@@H]1[C@@H]2C(=O)N(c3cccc(F)c3)C(=O)[C@@H]2[C@@H]2c3ccccc3C=NN12. The predicted molar refractivity (Wildman–Crippen MR) is 99.0 cm³/mol. The number of hydrazone groups is 1. The van der Waals surface area contributed by atoms with E-state index in [4.69, 9.17) is 0 Å². The lowest BCUT2D eigenvalue weighted by Crippen LogP contribution is -2.43. The van der Waals surface area contributed by atoms with E-state index in [1.54, 1.807) is 11.2 Å². The Kier molecular flexibility index (Phi) is 3.49. The largest absolute Gasteiger partial charge is 0.298 e. The van der Waals surface area contributed by atoms with Crippen LogP contribution in [0.25, 0.3) is 0 Å². The van der Waals surface area contributed by atoms with Crippen LogP contribution in [-0.4, -0.2) is 34.9 Å². The van der Waals surface area contributed by atoms with Crippen LogP contribution in [0.15, 0.2) is 53.6 Å². The Hall–Kier alpha value is -3.35. The summed E-state index contributed by atoms with van der Waals surface area (Å²) in [5.41, 5.74) is 1.90. The van der Waals surface area contributed by atoms with E-state index in [0.29, 0.717) is 0 Å². The quantitative estimate of drug-likeness (QED) is 0.753. The second-order valence-corrected chi connectivity index (χ2v) is 7.30. The van der Waals surface area contributed by atoms with Gasteiger partial charge in [0.1, 0.15) is 11.9 Å². The van der Waals surface area contributed by atoms with Crippen LogP contribution in [0.1, 0.15) is 24.1 Å². The van der Waals surface area contributed by atoms with Gasteiger partial charge in [0.15, 0.2) is 5.78 Å². The molecule has 5 rings (SSSR count). The number of Topliss-reactive ketones (excluding diaryl/α,β-unsaturated/α-hetero) is 1. The van der Waals surface area contributed by atoms with Gasteiger partial charge in [-0.2, -0.15) is 5.10 Å². The molecule has 7 heteroatoms. The molecule has 2 aromatic rings. The summed E-state index contributed by atoms with van der Waals surface area (Å²) in [5.74, 6) is -3.26. The molecule has 0 aromatic heterocycles. The fraction of sp³-hybridized carbons (Fsp3) is 0.238. The maximum Gasteiger partial charge on any atom is 0.240 e. The Balaban J connectivity index is 1.66. The minimum atomic E-state index is -0.846. The fourth-order valence-corrected chi connectivity index (χ4v) is 4.69. The zero-order chi connectivity index (χ0) is 19.6. The van der Waals surface area contributed by atoms with E-state index in [0.717, 1.165) is 22.1 Å². The molecule has 0 saturated carbocycles. The zero-order valence-corrected chi connectivity index (χ0v) is 14.9. The van der Waals surface area contributed by atoms with Crippen molar-refractivity contribution in [1.82, 2.24) is 5.01 Å². The molecule has 0 bridgehead atoms. The number of halogens is 1. The van der Waals surface area contributed by atoms with Gasteiger partial charge in [-0.05, 0) is 36.2 Å². The molecular weight excluding hydrogens is 361 g/mol. The van der Waals surface area contributed by atoms with Crippen molar-refractivity contribution in [3.63, 3.8) is 0 Å². The van der Waals surface area contributed by atoms with E-state index in [1.165, 1.54) is 25.1 Å². The number of hydrogen-bond acceptors (Lipinski definition) is 5. The maximum absolute atomic E-state index is 13.7. The summed E-state index contributed by atoms with van der Waals surface area (Å²) in [6, 6.07) is 11.6. The lowest BCUT2D eigenvalue weighted by atomic mass is 9.84. The number of nitrogens with zero attached hydrogens (tertiary/aromatic N) is 3. The van der Waals surface area contributed by atoms with E-state index in [-0.39, 0.29) is 11.5 Å². The smallest absolute Gasteiger partial charge is 0.240 e. The third-order valence-corrected chi connectivity index (χ3v) is 5.78. The maximum atomic E-state index is 13.7. The first-order valence-electron chi connectivity index (χ1n) is 9.04. The van der Waals surface area contributed by atoms with Crippen LogP contribution >= 0.6 is 0 Å². The molecule has 2 fully saturated rings. The average Bonchev–Trinajstić information content (AvgIpc) is 3.15. The highest BCUT2D eigenvalue weighted by Gasteiger charge is 2.64. The Morgan fingerprint density at radius 1 is 1.04 bits per heavy atom. The molecule has 2 amide bonds. The number of ketones is 1. The molecule has 2 saturated heterocycles. The lowest BCUT2D eigenvalue weighted by molar-refractivity contribution is -0.129. The van der Waals surface area contributed by atoms with E-state index < -0.39 is 41.6 Å². The average molecular weight is 377 g/mol. The molecule has 6 nitrogen and oxygen atoms in total. The van der Waals surface area contributed by atoms with Crippen molar-refractivity contribution in [3.05, 3.63) is 65.5 Å². The molecule has 2 aromatic carbocycles. The number of hydrogen-bond donors (Lipinski definition) is 0. The molecule has 0 unspecified atom stereocenters. The first-order valence-corrected chi connectivity index (χ1v) is 9.04. The fourth-order valence-electron chi connectivity index (χ4n) is 4.69. The van der Waals surface area contributed by atoms with Gasteiger partial charge >= 0.3 is 0 Å². The topological polar surface area (TPSA) is 70.0 Å². The van der Waals surface area contributed by atoms with Gasteiger partial charge < -0.3 is 0 Å². The number of benzene rings is 2. The predicted octanol–water partition coefficient (Wildman–Crippen LogP) is 2.29. The van der Waals surface area contributed by atoms with Gasteiger partial charge in [0, 0.05) is 0 Å². The Bertz CT molecular complexity index is 1070. The third-order valence-electron chi connectivity index (χ3n) is 5.78. The Morgan fingerprint density at radius 3 is 2.54 bits per heavy atom. The summed E-state index contributed by atoms with van der Waals surface area (Å²) in [6.45, 7) is 1.41. The second-order valence-electron chi connectivity index (χ2n) is 7.30. The number of amides is 2. The van der Waals surface area contributed by atoms with Crippen molar-refractivity contribution in [2.24, 2.45) is 16.9 Å². The van der Waals surface area contributed by atoms with Crippen molar-refractivity contribution in [1.29, 1.82) is 0 Å². The van der Waals surface area contributed by atoms with E-state index in [9.17, 15) is 18.8 Å². The third kappa shape index (κ3) is 2.13. The minimum Gasteiger partial charge on any atom is -0.298 e. The number of anilines is 1. The highest BCUT2D eigenvalue weighted by molar-refractivity contribution is 6.24. The van der Waals surface area contributed by atoms with E-state index in [2.05, 4.69) is 5.10 Å². The molecule has 3 aliphatic rings. The number of fused-ring (bicyclic) bond motifs is 5. The van der Waals surface area contributed by atoms with Crippen LogP contribution in [-0.2, 0) is 14.4 Å². The van der Waals surface area contributed by atoms with Crippen LogP contribution < -0.4 is 4.90 Å². The number of rotatable bonds is 2. The van der Waals surface area contributed by atoms with Crippen LogP contribution in [0.4, 0.5) is 10.1 Å². The van der Waals surface area contributed by atoms with Gasteiger partial charge in [-0.1, -0.05) is 30.3 Å². The highest BCUT2D eigenvalue weighted by atomic mass is 19.1. The van der Waals surface area contributed by atoms with Crippen LogP contribution in [0, 0.1) is 17.7 Å². The summed E-state index contributed by atoms with van der Waals surface area (Å²) >= 11 is 0. The van der Waals surface area contributed by atoms with Crippen molar-refractivity contribution >= 4 is 29.5 Å². The molecule has 140 valence electrons. The highest BCUT2D eigenvalue weighted by Crippen LogP contribution is 2.52. The van der Waals surface area contributed by atoms with Crippen LogP contribution in [0.5, 0.6) is 0 Å². The normalized spacial score (nSPS) is 27.6. The van der Waals surface area contributed by atoms with Crippen LogP contribution in [0.2, 0.25) is 0 Å². The van der Waals surface area contributed by atoms with Gasteiger partial charge in [-0.3, -0.25) is 19.4 Å². The summed E-state index contributed by atoms with van der Waals surface area (Å²) in [5, 5.41) is 6.00. The van der Waals surface area contributed by atoms with Crippen LogP contribution in [0.3, 0.4) is 0 Å². The van der Waals surface area contributed by atoms with Crippen molar-refractivity contribution in [2.45, 2.75) is 19.0 Å². The second kappa shape index (κ2) is 5.82. The van der Waals surface area contributed by atoms with Crippen molar-refractivity contribution in [2.75, 3.05) is 4.90 Å². The zero-order valence-electron chi connectivity index (χ0n) is 14.9. The first-order chi connectivity index (χ1) is 13.5. The first kappa shape index (κ1) is 16.8. The van der Waals surface area contributed by atoms with Crippen molar-refractivity contribution in [3.8, 4) is 0 Å².